The van der Waals surface area contributed by atoms with Crippen LogP contribution in [0.3, 0.4) is 0 Å². The Morgan fingerprint density at radius 2 is 1.08 bits per heavy atom. The maximum Gasteiger partial charge on any atom is 0.268 e. The van der Waals surface area contributed by atoms with Crippen LogP contribution in [0.1, 0.15) is 194 Å². The van der Waals surface area contributed by atoms with Crippen LogP contribution in [0.4, 0.5) is 0 Å². The summed E-state index contributed by atoms with van der Waals surface area (Å²) in [6.45, 7) is 4.50. The molecule has 2 N–H and O–H groups in total. The average Bonchev–Trinajstić information content (AvgIpc) is 3.06. The van der Waals surface area contributed by atoms with Crippen LogP contribution in [-0.4, -0.2) is 68.5 Å². The second kappa shape index (κ2) is 34.0. The van der Waals surface area contributed by atoms with Crippen molar-refractivity contribution < 1.29 is 32.9 Å². The van der Waals surface area contributed by atoms with Gasteiger partial charge in [0.1, 0.15) is 13.2 Å². The van der Waals surface area contributed by atoms with E-state index in [0.29, 0.717) is 17.4 Å². The minimum Gasteiger partial charge on any atom is -0.756 e. The predicted octanol–water partition coefficient (Wildman–Crippen LogP) is 10.6. The van der Waals surface area contributed by atoms with Crippen molar-refractivity contribution >= 4 is 13.7 Å². The van der Waals surface area contributed by atoms with Crippen LogP contribution in [0.25, 0.3) is 0 Å². The first-order chi connectivity index (χ1) is 24.0. The number of nitrogens with one attached hydrogen (secondary N) is 1. The Bertz CT molecular complexity index is 834. The lowest BCUT2D eigenvalue weighted by Crippen LogP contribution is -2.45. The number of nitrogens with zero attached hydrogens (tertiary/aromatic N) is 1. The number of phosphoric ester groups is 1. The largest absolute Gasteiger partial charge is 0.756 e. The van der Waals surface area contributed by atoms with E-state index in [1.54, 1.807) is 6.08 Å². The summed E-state index contributed by atoms with van der Waals surface area (Å²) in [5.41, 5.74) is 0. The molecule has 3 unspecified atom stereocenters. The van der Waals surface area contributed by atoms with E-state index < -0.39 is 20.0 Å². The number of hydrogen-bond donors (Lipinski definition) is 2. The summed E-state index contributed by atoms with van der Waals surface area (Å²) in [6, 6.07) is -0.876. The lowest BCUT2D eigenvalue weighted by atomic mass is 10.0. The number of amides is 1. The lowest BCUT2D eigenvalue weighted by molar-refractivity contribution is -0.870. The third kappa shape index (κ3) is 35.6. The molecule has 9 heteroatoms. The van der Waals surface area contributed by atoms with Gasteiger partial charge in [0.25, 0.3) is 7.82 Å². The minimum absolute atomic E-state index is 0.000339. The summed E-state index contributed by atoms with van der Waals surface area (Å²) in [5.74, 6) is -0.204. The highest BCUT2D eigenvalue weighted by atomic mass is 31.2. The molecular weight excluding hydrogens is 647 g/mol. The standard InChI is InChI=1S/C41H83N2O6P/c1-6-8-10-12-13-14-15-16-17-18-19-20-21-22-23-24-25-26-27-28-29-30-31-33-35-41(45)42-39(40(44)34-32-11-9-7-2)38-49-50(46,47)48-37-36-43(3,4)5/h32,34,39-40,44H,6-31,33,35-38H2,1-5H3,(H-,42,45,46,47)/b34-32+. The van der Waals surface area contributed by atoms with Crippen LogP contribution in [0.15, 0.2) is 12.2 Å². The van der Waals surface area contributed by atoms with Crippen LogP contribution >= 0.6 is 7.82 Å². The Kier molecular flexibility index (Phi) is 33.5. The van der Waals surface area contributed by atoms with E-state index in [-0.39, 0.29) is 19.1 Å². The third-order valence-corrected chi connectivity index (χ3v) is 10.5. The van der Waals surface area contributed by atoms with Crippen LogP contribution in [0.2, 0.25) is 0 Å². The molecule has 0 aliphatic carbocycles. The van der Waals surface area contributed by atoms with Gasteiger partial charge >= 0.3 is 0 Å². The first-order valence-electron chi connectivity index (χ1n) is 21.1. The number of likely N-dealkylation sites (N-methyl/N-ethyl adjacent to an activating group) is 1. The highest BCUT2D eigenvalue weighted by Crippen LogP contribution is 2.38. The third-order valence-electron chi connectivity index (χ3n) is 9.50. The Labute approximate surface area is 310 Å². The minimum atomic E-state index is -4.56. The monoisotopic (exact) mass is 731 g/mol. The fourth-order valence-electron chi connectivity index (χ4n) is 6.08. The van der Waals surface area contributed by atoms with Crippen LogP contribution < -0.4 is 10.2 Å². The topological polar surface area (TPSA) is 108 Å². The Balaban J connectivity index is 3.92. The van der Waals surface area contributed by atoms with E-state index in [9.17, 15) is 19.4 Å². The van der Waals surface area contributed by atoms with Gasteiger partial charge in [-0.15, -0.1) is 0 Å². The number of aliphatic hydroxyl groups excluding tert-OH is 1. The van der Waals surface area contributed by atoms with Crippen molar-refractivity contribution in [2.24, 2.45) is 0 Å². The molecule has 0 saturated carbocycles. The molecule has 0 rings (SSSR count). The van der Waals surface area contributed by atoms with E-state index in [4.69, 9.17) is 9.05 Å². The van der Waals surface area contributed by atoms with E-state index in [0.717, 1.165) is 38.5 Å². The summed E-state index contributed by atoms with van der Waals surface area (Å²) in [4.78, 5) is 25.0. The molecule has 3 atom stereocenters. The van der Waals surface area contributed by atoms with Gasteiger partial charge < -0.3 is 28.8 Å². The quantitative estimate of drug-likeness (QED) is 0.0283. The average molecular weight is 731 g/mol. The zero-order chi connectivity index (χ0) is 37.2. The fourth-order valence-corrected chi connectivity index (χ4v) is 6.80. The molecule has 1 amide bonds. The molecular formula is C41H83N2O6P. The SMILES string of the molecule is CCCC/C=C/C(O)C(COP(=O)([O-])OCC[N+](C)(C)C)NC(=O)CCCCCCCCCCCCCCCCCCCCCCCCCC. The lowest BCUT2D eigenvalue weighted by Gasteiger charge is -2.29. The van der Waals surface area contributed by atoms with Crippen LogP contribution in [0.5, 0.6) is 0 Å². The smallest absolute Gasteiger partial charge is 0.268 e. The summed E-state index contributed by atoms with van der Waals surface area (Å²) in [5, 5.41) is 13.5. The van der Waals surface area contributed by atoms with Gasteiger partial charge in [-0.05, 0) is 12.8 Å². The van der Waals surface area contributed by atoms with Crippen molar-refractivity contribution in [1.29, 1.82) is 0 Å². The number of rotatable bonds is 38. The van der Waals surface area contributed by atoms with Crippen molar-refractivity contribution in [3.05, 3.63) is 12.2 Å². The Hall–Kier alpha value is -0.760. The molecule has 0 aliphatic rings. The van der Waals surface area contributed by atoms with Crippen molar-refractivity contribution in [3.63, 3.8) is 0 Å². The molecule has 0 aromatic heterocycles. The number of carbonyl (C=O) groups is 1. The molecule has 50 heavy (non-hydrogen) atoms. The van der Waals surface area contributed by atoms with Crippen molar-refractivity contribution in [2.45, 2.75) is 206 Å². The number of allylic oxidation sites excluding steroid dienone is 1. The van der Waals surface area contributed by atoms with E-state index in [1.807, 2.05) is 27.2 Å². The molecule has 0 fully saturated rings. The van der Waals surface area contributed by atoms with Gasteiger partial charge in [-0.25, -0.2) is 0 Å². The highest BCUT2D eigenvalue weighted by molar-refractivity contribution is 7.45. The maximum atomic E-state index is 12.7. The summed E-state index contributed by atoms with van der Waals surface area (Å²) >= 11 is 0. The van der Waals surface area contributed by atoms with Gasteiger partial charge in [-0.2, -0.15) is 0 Å². The van der Waals surface area contributed by atoms with Crippen LogP contribution in [0, 0.1) is 0 Å². The summed E-state index contributed by atoms with van der Waals surface area (Å²) in [7, 11) is 1.26. The number of unbranched alkanes of at least 4 members (excludes halogenated alkanes) is 25. The zero-order valence-corrected chi connectivity index (χ0v) is 34.5. The molecule has 0 aliphatic heterocycles. The fraction of sp³-hybridized carbons (Fsp3) is 0.927. The van der Waals surface area contributed by atoms with Gasteiger partial charge in [-0.1, -0.05) is 187 Å². The molecule has 0 aromatic carbocycles. The van der Waals surface area contributed by atoms with Crippen LogP contribution in [-0.2, 0) is 18.4 Å². The Morgan fingerprint density at radius 1 is 0.680 bits per heavy atom. The van der Waals surface area contributed by atoms with Gasteiger partial charge in [-0.3, -0.25) is 9.36 Å². The number of hydrogen-bond acceptors (Lipinski definition) is 6. The number of carbonyl (C=O) groups excluding carboxylic acids is 1. The summed E-state index contributed by atoms with van der Waals surface area (Å²) < 4.78 is 22.9. The normalized spacial score (nSPS) is 14.6. The predicted molar refractivity (Wildman–Crippen MR) is 210 cm³/mol. The first kappa shape index (κ1) is 49.2. The zero-order valence-electron chi connectivity index (χ0n) is 33.6. The molecule has 0 bridgehead atoms. The van der Waals surface area contributed by atoms with E-state index in [2.05, 4.69) is 19.2 Å². The van der Waals surface area contributed by atoms with Crippen molar-refractivity contribution in [1.82, 2.24) is 5.32 Å². The molecule has 0 saturated heterocycles. The molecule has 0 radical (unpaired) electrons. The number of aliphatic hydroxyl groups is 1. The highest BCUT2D eigenvalue weighted by Gasteiger charge is 2.23. The van der Waals surface area contributed by atoms with Gasteiger partial charge in [0.05, 0.1) is 39.9 Å². The second-order valence-corrected chi connectivity index (χ2v) is 17.1. The van der Waals surface area contributed by atoms with Gasteiger partial charge in [0, 0.05) is 6.42 Å². The number of phosphoric acid groups is 1. The van der Waals surface area contributed by atoms with Gasteiger partial charge in [0.2, 0.25) is 5.91 Å². The summed E-state index contributed by atoms with van der Waals surface area (Å²) in [6.07, 6.45) is 37.6. The maximum absolute atomic E-state index is 12.7. The molecule has 0 spiro atoms. The molecule has 8 nitrogen and oxygen atoms in total. The first-order valence-corrected chi connectivity index (χ1v) is 22.5. The second-order valence-electron chi connectivity index (χ2n) is 15.7. The number of quaternary nitrogens is 1. The van der Waals surface area contributed by atoms with E-state index >= 15 is 0 Å². The molecule has 298 valence electrons. The molecule has 0 aromatic rings. The van der Waals surface area contributed by atoms with Crippen molar-refractivity contribution in [3.8, 4) is 0 Å². The van der Waals surface area contributed by atoms with Crippen molar-refractivity contribution in [2.75, 3.05) is 40.9 Å². The van der Waals surface area contributed by atoms with Gasteiger partial charge in [0.15, 0.2) is 0 Å². The molecule has 0 heterocycles. The van der Waals surface area contributed by atoms with E-state index in [1.165, 1.54) is 135 Å². The Morgan fingerprint density at radius 3 is 1.48 bits per heavy atom.